The molecule has 8 nitrogen and oxygen atoms in total. The molecule has 0 atom stereocenters. The van der Waals surface area contributed by atoms with Crippen LogP contribution in [0.15, 0.2) is 67.3 Å². The third-order valence-electron chi connectivity index (χ3n) is 6.58. The number of aromatic amines is 1. The predicted octanol–water partition coefficient (Wildman–Crippen LogP) is 4.90. The molecule has 0 spiro atoms. The molecule has 180 valence electrons. The number of carbonyl (C=O) groups excluding carboxylic acids is 2. The van der Waals surface area contributed by atoms with Gasteiger partial charge in [0.25, 0.3) is 11.8 Å². The van der Waals surface area contributed by atoms with Crippen LogP contribution in [-0.2, 0) is 0 Å². The summed E-state index contributed by atoms with van der Waals surface area (Å²) >= 11 is 0. The van der Waals surface area contributed by atoms with Gasteiger partial charge in [0.2, 0.25) is 0 Å². The molecule has 1 fully saturated rings. The van der Waals surface area contributed by atoms with Crippen LogP contribution in [0.5, 0.6) is 0 Å². The number of nitrogens with one attached hydrogen (secondary N) is 2. The Morgan fingerprint density at radius 1 is 1.03 bits per heavy atom. The van der Waals surface area contributed by atoms with Crippen LogP contribution >= 0.6 is 0 Å². The number of H-pyrrole nitrogens is 1. The lowest BCUT2D eigenvalue weighted by Crippen LogP contribution is -2.35. The number of piperidine rings is 1. The standard InChI is InChI=1S/C27H23FN6O2/c28-19-5-4-6-20(13-19)32-26(35)18-11-21-22(15-30-25(21)29-14-18)17-7-10-34-24(12-17)23(16-31-34)27(36)33-8-2-1-3-9-33/h4-7,10-16H,1-3,8-9H2,(H,29,30)(H,32,35). The second-order valence-corrected chi connectivity index (χ2v) is 8.94. The van der Waals surface area contributed by atoms with Crippen molar-refractivity contribution in [2.24, 2.45) is 0 Å². The molecule has 1 saturated heterocycles. The first-order valence-electron chi connectivity index (χ1n) is 11.9. The Kier molecular flexibility index (Phi) is 5.44. The van der Waals surface area contributed by atoms with Crippen molar-refractivity contribution in [3.8, 4) is 11.1 Å². The first kappa shape index (κ1) is 22.0. The number of hydrogen-bond acceptors (Lipinski definition) is 4. The van der Waals surface area contributed by atoms with Gasteiger partial charge in [0.15, 0.2) is 0 Å². The summed E-state index contributed by atoms with van der Waals surface area (Å²) in [7, 11) is 0. The number of benzene rings is 1. The minimum atomic E-state index is -0.428. The van der Waals surface area contributed by atoms with E-state index in [1.165, 1.54) is 24.4 Å². The number of carbonyl (C=O) groups is 2. The molecule has 1 aliphatic rings. The van der Waals surface area contributed by atoms with E-state index >= 15 is 0 Å². The van der Waals surface area contributed by atoms with Gasteiger partial charge in [0.05, 0.1) is 22.8 Å². The molecular weight excluding hydrogens is 459 g/mol. The van der Waals surface area contributed by atoms with Crippen molar-refractivity contribution >= 4 is 34.1 Å². The highest BCUT2D eigenvalue weighted by atomic mass is 19.1. The van der Waals surface area contributed by atoms with E-state index in [-0.39, 0.29) is 11.8 Å². The maximum absolute atomic E-state index is 13.5. The van der Waals surface area contributed by atoms with Gasteiger partial charge >= 0.3 is 0 Å². The second-order valence-electron chi connectivity index (χ2n) is 8.94. The van der Waals surface area contributed by atoms with Crippen LogP contribution in [0.4, 0.5) is 10.1 Å². The highest BCUT2D eigenvalue weighted by Crippen LogP contribution is 2.30. The first-order valence-corrected chi connectivity index (χ1v) is 11.9. The quantitative estimate of drug-likeness (QED) is 0.381. The normalized spacial score (nSPS) is 13.9. The van der Waals surface area contributed by atoms with Crippen molar-refractivity contribution in [3.63, 3.8) is 0 Å². The zero-order valence-corrected chi connectivity index (χ0v) is 19.4. The Bertz CT molecular complexity index is 1620. The topological polar surface area (TPSA) is 95.4 Å². The summed E-state index contributed by atoms with van der Waals surface area (Å²) in [4.78, 5) is 35.4. The molecule has 9 heteroatoms. The Balaban J connectivity index is 1.35. The molecule has 5 heterocycles. The highest BCUT2D eigenvalue weighted by Gasteiger charge is 2.22. The SMILES string of the molecule is O=C(Nc1cccc(F)c1)c1cnc2[nH]cc(-c3ccn4ncc(C(=O)N5CCCCC5)c4c3)c2c1. The van der Waals surface area contributed by atoms with Gasteiger partial charge in [-0.15, -0.1) is 0 Å². The molecule has 0 unspecified atom stereocenters. The van der Waals surface area contributed by atoms with E-state index in [0.717, 1.165) is 54.4 Å². The molecule has 36 heavy (non-hydrogen) atoms. The van der Waals surface area contributed by atoms with Crippen molar-refractivity contribution in [3.05, 3.63) is 84.2 Å². The van der Waals surface area contributed by atoms with E-state index in [2.05, 4.69) is 20.4 Å². The molecule has 1 aromatic carbocycles. The lowest BCUT2D eigenvalue weighted by atomic mass is 10.0. The van der Waals surface area contributed by atoms with E-state index in [4.69, 9.17) is 0 Å². The van der Waals surface area contributed by atoms with Crippen molar-refractivity contribution in [2.75, 3.05) is 18.4 Å². The zero-order valence-electron chi connectivity index (χ0n) is 19.4. The number of pyridine rings is 2. The minimum Gasteiger partial charge on any atom is -0.346 e. The molecule has 0 radical (unpaired) electrons. The fraction of sp³-hybridized carbons (Fsp3) is 0.185. The average molecular weight is 483 g/mol. The predicted molar refractivity (Wildman–Crippen MR) is 134 cm³/mol. The fourth-order valence-corrected chi connectivity index (χ4v) is 4.72. The Morgan fingerprint density at radius 3 is 2.72 bits per heavy atom. The molecule has 4 aromatic heterocycles. The van der Waals surface area contributed by atoms with Crippen LogP contribution in [0, 0.1) is 5.82 Å². The number of fused-ring (bicyclic) bond motifs is 2. The van der Waals surface area contributed by atoms with E-state index < -0.39 is 5.82 Å². The third-order valence-corrected chi connectivity index (χ3v) is 6.58. The van der Waals surface area contributed by atoms with Crippen LogP contribution in [0.25, 0.3) is 27.7 Å². The van der Waals surface area contributed by atoms with E-state index in [9.17, 15) is 14.0 Å². The van der Waals surface area contributed by atoms with Crippen molar-refractivity contribution < 1.29 is 14.0 Å². The average Bonchev–Trinajstić information content (AvgIpc) is 3.52. The Labute approximate surface area is 205 Å². The molecule has 2 N–H and O–H groups in total. The fourth-order valence-electron chi connectivity index (χ4n) is 4.72. The Hall–Kier alpha value is -4.53. The van der Waals surface area contributed by atoms with E-state index in [1.807, 2.05) is 29.4 Å². The summed E-state index contributed by atoms with van der Waals surface area (Å²) in [5.41, 5.74) is 4.36. The smallest absolute Gasteiger partial charge is 0.257 e. The van der Waals surface area contributed by atoms with Crippen LogP contribution in [0.2, 0.25) is 0 Å². The second kappa shape index (κ2) is 8.92. The first-order chi connectivity index (χ1) is 17.6. The van der Waals surface area contributed by atoms with Gasteiger partial charge in [-0.1, -0.05) is 6.07 Å². The molecule has 0 bridgehead atoms. The van der Waals surface area contributed by atoms with Crippen LogP contribution in [0.3, 0.4) is 0 Å². The molecular formula is C27H23FN6O2. The summed E-state index contributed by atoms with van der Waals surface area (Å²) < 4.78 is 15.2. The van der Waals surface area contributed by atoms with Gasteiger partial charge in [-0.3, -0.25) is 9.59 Å². The summed E-state index contributed by atoms with van der Waals surface area (Å²) in [6.07, 6.45) is 9.96. The number of aromatic nitrogens is 4. The zero-order chi connectivity index (χ0) is 24.6. The van der Waals surface area contributed by atoms with E-state index in [0.29, 0.717) is 22.5 Å². The number of amides is 2. The van der Waals surface area contributed by atoms with E-state index in [1.54, 1.807) is 22.8 Å². The molecule has 6 rings (SSSR count). The maximum atomic E-state index is 13.5. The number of hydrogen-bond donors (Lipinski definition) is 2. The summed E-state index contributed by atoms with van der Waals surface area (Å²) in [6, 6.07) is 11.3. The van der Waals surface area contributed by atoms with Crippen molar-refractivity contribution in [2.45, 2.75) is 19.3 Å². The number of anilines is 1. The third kappa shape index (κ3) is 3.98. The number of rotatable bonds is 4. The van der Waals surface area contributed by atoms with Crippen LogP contribution in [0.1, 0.15) is 40.0 Å². The van der Waals surface area contributed by atoms with Crippen LogP contribution in [-0.4, -0.2) is 49.4 Å². The number of nitrogens with zero attached hydrogens (tertiary/aromatic N) is 4. The molecule has 2 amide bonds. The summed E-state index contributed by atoms with van der Waals surface area (Å²) in [5.74, 6) is -0.816. The summed E-state index contributed by atoms with van der Waals surface area (Å²) in [5, 5.41) is 7.84. The minimum absolute atomic E-state index is 0.00116. The molecule has 1 aliphatic heterocycles. The number of halogens is 1. The molecule has 5 aromatic rings. The lowest BCUT2D eigenvalue weighted by molar-refractivity contribution is 0.0726. The monoisotopic (exact) mass is 482 g/mol. The lowest BCUT2D eigenvalue weighted by Gasteiger charge is -2.26. The molecule has 0 saturated carbocycles. The Morgan fingerprint density at radius 2 is 1.89 bits per heavy atom. The number of likely N-dealkylation sites (tertiary alicyclic amines) is 1. The van der Waals surface area contributed by atoms with Crippen molar-refractivity contribution in [1.29, 1.82) is 0 Å². The van der Waals surface area contributed by atoms with Gasteiger partial charge < -0.3 is 15.2 Å². The van der Waals surface area contributed by atoms with Gasteiger partial charge in [-0.25, -0.2) is 13.9 Å². The maximum Gasteiger partial charge on any atom is 0.257 e. The highest BCUT2D eigenvalue weighted by molar-refractivity contribution is 6.07. The van der Waals surface area contributed by atoms with Gasteiger partial charge in [-0.2, -0.15) is 5.10 Å². The summed E-state index contributed by atoms with van der Waals surface area (Å²) in [6.45, 7) is 1.54. The van der Waals surface area contributed by atoms with Gasteiger partial charge in [-0.05, 0) is 61.2 Å². The van der Waals surface area contributed by atoms with Crippen molar-refractivity contribution in [1.82, 2.24) is 24.5 Å². The van der Waals surface area contributed by atoms with Gasteiger partial charge in [0, 0.05) is 48.3 Å². The van der Waals surface area contributed by atoms with Crippen LogP contribution < -0.4 is 5.32 Å². The molecule has 0 aliphatic carbocycles. The van der Waals surface area contributed by atoms with Gasteiger partial charge in [0.1, 0.15) is 11.5 Å². The largest absolute Gasteiger partial charge is 0.346 e.